The molecule has 0 bridgehead atoms. The lowest BCUT2D eigenvalue weighted by molar-refractivity contribution is 1.09. The van der Waals surface area contributed by atoms with Crippen LogP contribution in [-0.4, -0.2) is 15.2 Å². The highest BCUT2D eigenvalue weighted by Gasteiger charge is 2.08. The monoisotopic (exact) mass is 289 g/mol. The summed E-state index contributed by atoms with van der Waals surface area (Å²) >= 11 is 11.8. The largest absolute Gasteiger partial charge is 0.276 e. The molecule has 0 fully saturated rings. The first-order chi connectivity index (χ1) is 9.24. The van der Waals surface area contributed by atoms with E-state index in [-0.39, 0.29) is 5.15 Å². The van der Waals surface area contributed by atoms with E-state index >= 15 is 0 Å². The Morgan fingerprint density at radius 3 is 2.42 bits per heavy atom. The van der Waals surface area contributed by atoms with Crippen LogP contribution in [0.15, 0.2) is 48.5 Å². The van der Waals surface area contributed by atoms with E-state index in [1.54, 1.807) is 12.1 Å². The van der Waals surface area contributed by atoms with Crippen molar-refractivity contribution in [3.05, 3.63) is 58.7 Å². The van der Waals surface area contributed by atoms with Gasteiger partial charge in [-0.2, -0.15) is 5.10 Å². The van der Waals surface area contributed by atoms with E-state index in [9.17, 15) is 0 Å². The Morgan fingerprint density at radius 1 is 0.895 bits per heavy atom. The maximum absolute atomic E-state index is 5.91. The van der Waals surface area contributed by atoms with Crippen LogP contribution in [0.25, 0.3) is 22.6 Å². The molecule has 3 rings (SSSR count). The smallest absolute Gasteiger partial charge is 0.148 e. The summed E-state index contributed by atoms with van der Waals surface area (Å²) in [5.74, 6) is 0. The molecule has 2 heterocycles. The molecular formula is C14H9Cl2N3. The van der Waals surface area contributed by atoms with E-state index in [2.05, 4.69) is 15.2 Å². The van der Waals surface area contributed by atoms with Crippen LogP contribution in [0, 0.1) is 0 Å². The molecule has 5 heteroatoms. The molecule has 0 saturated heterocycles. The Morgan fingerprint density at radius 2 is 1.68 bits per heavy atom. The van der Waals surface area contributed by atoms with Gasteiger partial charge in [-0.05, 0) is 18.2 Å². The number of halogens is 2. The van der Waals surface area contributed by atoms with Gasteiger partial charge in [-0.3, -0.25) is 5.10 Å². The topological polar surface area (TPSA) is 41.6 Å². The van der Waals surface area contributed by atoms with Crippen LogP contribution < -0.4 is 0 Å². The third-order valence-electron chi connectivity index (χ3n) is 2.73. The highest BCUT2D eigenvalue weighted by molar-refractivity contribution is 6.41. The molecule has 19 heavy (non-hydrogen) atoms. The standard InChI is InChI=1S/C14H9Cl2N3/c15-10-6-7-11(17-14(10)16)13-8-12(18-19-13)9-4-2-1-3-5-9/h1-8H,(H,18,19). The predicted molar refractivity (Wildman–Crippen MR) is 77.3 cm³/mol. The van der Waals surface area contributed by atoms with Crippen LogP contribution in [0.4, 0.5) is 0 Å². The van der Waals surface area contributed by atoms with Crippen LogP contribution in [0.3, 0.4) is 0 Å². The number of hydrogen-bond donors (Lipinski definition) is 1. The molecule has 0 atom stereocenters. The second-order valence-electron chi connectivity index (χ2n) is 4.00. The number of benzene rings is 1. The minimum Gasteiger partial charge on any atom is -0.276 e. The first-order valence-electron chi connectivity index (χ1n) is 5.67. The van der Waals surface area contributed by atoms with E-state index in [0.717, 1.165) is 17.0 Å². The number of H-pyrrole nitrogens is 1. The van der Waals surface area contributed by atoms with Gasteiger partial charge in [-0.25, -0.2) is 4.98 Å². The van der Waals surface area contributed by atoms with Gasteiger partial charge in [0.05, 0.1) is 22.1 Å². The van der Waals surface area contributed by atoms with Gasteiger partial charge in [-0.1, -0.05) is 53.5 Å². The summed E-state index contributed by atoms with van der Waals surface area (Å²) in [6.45, 7) is 0. The second-order valence-corrected chi connectivity index (χ2v) is 4.77. The summed E-state index contributed by atoms with van der Waals surface area (Å²) in [5.41, 5.74) is 3.43. The highest BCUT2D eigenvalue weighted by Crippen LogP contribution is 2.26. The molecular weight excluding hydrogens is 281 g/mol. The van der Waals surface area contributed by atoms with Gasteiger partial charge < -0.3 is 0 Å². The highest BCUT2D eigenvalue weighted by atomic mass is 35.5. The van der Waals surface area contributed by atoms with Crippen molar-refractivity contribution >= 4 is 23.2 Å². The third kappa shape index (κ3) is 2.48. The van der Waals surface area contributed by atoms with Crippen molar-refractivity contribution in [2.75, 3.05) is 0 Å². The fourth-order valence-electron chi connectivity index (χ4n) is 1.78. The van der Waals surface area contributed by atoms with E-state index in [4.69, 9.17) is 23.2 Å². The average Bonchev–Trinajstić information content (AvgIpc) is 2.93. The Kier molecular flexibility index (Phi) is 3.23. The zero-order chi connectivity index (χ0) is 13.2. The summed E-state index contributed by atoms with van der Waals surface area (Å²) in [6, 6.07) is 15.4. The maximum atomic E-state index is 5.91. The van der Waals surface area contributed by atoms with E-state index in [1.165, 1.54) is 0 Å². The molecule has 0 aliphatic heterocycles. The molecule has 94 valence electrons. The molecule has 0 radical (unpaired) electrons. The van der Waals surface area contributed by atoms with Crippen molar-refractivity contribution in [3.63, 3.8) is 0 Å². The van der Waals surface area contributed by atoms with E-state index in [0.29, 0.717) is 10.7 Å². The Balaban J connectivity index is 1.99. The van der Waals surface area contributed by atoms with Gasteiger partial charge in [-0.15, -0.1) is 0 Å². The van der Waals surface area contributed by atoms with Gasteiger partial charge in [0.2, 0.25) is 0 Å². The lowest BCUT2D eigenvalue weighted by atomic mass is 10.1. The molecule has 0 amide bonds. The Hall–Kier alpha value is -1.84. The minimum atomic E-state index is 0.287. The lowest BCUT2D eigenvalue weighted by Gasteiger charge is -1.98. The zero-order valence-electron chi connectivity index (χ0n) is 9.77. The molecule has 0 aliphatic rings. The van der Waals surface area contributed by atoms with Gasteiger partial charge in [0, 0.05) is 5.56 Å². The second kappa shape index (κ2) is 5.03. The van der Waals surface area contributed by atoms with Crippen LogP contribution >= 0.6 is 23.2 Å². The fourth-order valence-corrected chi connectivity index (χ4v) is 2.04. The third-order valence-corrected chi connectivity index (χ3v) is 3.42. The molecule has 0 unspecified atom stereocenters. The van der Waals surface area contributed by atoms with Gasteiger partial charge >= 0.3 is 0 Å². The molecule has 2 aromatic heterocycles. The minimum absolute atomic E-state index is 0.287. The number of pyridine rings is 1. The van der Waals surface area contributed by atoms with Gasteiger partial charge in [0.25, 0.3) is 0 Å². The summed E-state index contributed by atoms with van der Waals surface area (Å²) in [6.07, 6.45) is 0. The van der Waals surface area contributed by atoms with Crippen molar-refractivity contribution in [1.29, 1.82) is 0 Å². The SMILES string of the molecule is Clc1ccc(-c2cc(-c3ccccc3)n[nH]2)nc1Cl. The molecule has 3 aromatic rings. The Labute approximate surface area is 120 Å². The molecule has 3 nitrogen and oxygen atoms in total. The van der Waals surface area contributed by atoms with Crippen molar-refractivity contribution in [2.45, 2.75) is 0 Å². The quantitative estimate of drug-likeness (QED) is 0.709. The summed E-state index contributed by atoms with van der Waals surface area (Å²) in [5, 5.41) is 7.95. The van der Waals surface area contributed by atoms with Gasteiger partial charge in [0.15, 0.2) is 0 Å². The summed E-state index contributed by atoms with van der Waals surface area (Å²) in [4.78, 5) is 4.21. The van der Waals surface area contributed by atoms with Crippen LogP contribution in [-0.2, 0) is 0 Å². The number of aromatic nitrogens is 3. The van der Waals surface area contributed by atoms with Crippen molar-refractivity contribution in [1.82, 2.24) is 15.2 Å². The number of aromatic amines is 1. The van der Waals surface area contributed by atoms with Crippen molar-refractivity contribution in [3.8, 4) is 22.6 Å². The first kappa shape index (κ1) is 12.2. The Bertz CT molecular complexity index is 708. The van der Waals surface area contributed by atoms with Crippen LogP contribution in [0.2, 0.25) is 10.2 Å². The molecule has 1 N–H and O–H groups in total. The number of nitrogens with zero attached hydrogens (tertiary/aromatic N) is 2. The summed E-state index contributed by atoms with van der Waals surface area (Å²) < 4.78 is 0. The molecule has 0 spiro atoms. The van der Waals surface area contributed by atoms with Crippen molar-refractivity contribution < 1.29 is 0 Å². The van der Waals surface area contributed by atoms with Crippen LogP contribution in [0.5, 0.6) is 0 Å². The maximum Gasteiger partial charge on any atom is 0.148 e. The number of rotatable bonds is 2. The predicted octanol–water partition coefficient (Wildman–Crippen LogP) is 4.45. The average molecular weight is 290 g/mol. The normalized spacial score (nSPS) is 10.6. The van der Waals surface area contributed by atoms with E-state index < -0.39 is 0 Å². The fraction of sp³-hybridized carbons (Fsp3) is 0. The van der Waals surface area contributed by atoms with E-state index in [1.807, 2.05) is 36.4 Å². The molecule has 0 aliphatic carbocycles. The summed E-state index contributed by atoms with van der Waals surface area (Å²) in [7, 11) is 0. The lowest BCUT2D eigenvalue weighted by Crippen LogP contribution is -1.84. The number of nitrogens with one attached hydrogen (secondary N) is 1. The van der Waals surface area contributed by atoms with Crippen molar-refractivity contribution in [2.24, 2.45) is 0 Å². The van der Waals surface area contributed by atoms with Crippen LogP contribution in [0.1, 0.15) is 0 Å². The van der Waals surface area contributed by atoms with Gasteiger partial charge in [0.1, 0.15) is 5.15 Å². The zero-order valence-corrected chi connectivity index (χ0v) is 11.3. The molecule has 1 aromatic carbocycles. The molecule has 0 saturated carbocycles. The number of hydrogen-bond acceptors (Lipinski definition) is 2. The first-order valence-corrected chi connectivity index (χ1v) is 6.43.